The van der Waals surface area contributed by atoms with E-state index in [0.29, 0.717) is 10.4 Å². The lowest BCUT2D eigenvalue weighted by Crippen LogP contribution is -2.38. The molecule has 0 radical (unpaired) electrons. The van der Waals surface area contributed by atoms with Crippen LogP contribution in [0.5, 0.6) is 0 Å². The van der Waals surface area contributed by atoms with Gasteiger partial charge in [-0.15, -0.1) is 0 Å². The number of nitrogens with zero attached hydrogens (tertiary/aromatic N) is 2. The van der Waals surface area contributed by atoms with E-state index < -0.39 is 0 Å². The molecule has 2 heterocycles. The highest BCUT2D eigenvalue weighted by atomic mass is 79.9. The maximum Gasteiger partial charge on any atom is 0.247 e. The van der Waals surface area contributed by atoms with Crippen molar-refractivity contribution in [3.63, 3.8) is 0 Å². The summed E-state index contributed by atoms with van der Waals surface area (Å²) in [6.45, 7) is 0.793. The van der Waals surface area contributed by atoms with Gasteiger partial charge >= 0.3 is 0 Å². The van der Waals surface area contributed by atoms with Gasteiger partial charge in [-0.05, 0) is 33.5 Å². The first-order valence-corrected chi connectivity index (χ1v) is 7.13. The normalized spacial score (nSPS) is 17.4. The molecule has 1 unspecified atom stereocenters. The zero-order valence-corrected chi connectivity index (χ0v) is 12.2. The number of hydrogen-bond donors (Lipinski definition) is 2. The molecule has 2 N–H and O–H groups in total. The summed E-state index contributed by atoms with van der Waals surface area (Å²) in [5, 5.41) is 6.02. The number of carbonyl (C=O) groups excluding carboxylic acids is 1. The molecule has 2 aromatic rings. The average Bonchev–Trinajstić information content (AvgIpc) is 2.49. The van der Waals surface area contributed by atoms with Crippen molar-refractivity contribution in [1.29, 1.82) is 0 Å². The highest BCUT2D eigenvalue weighted by Crippen LogP contribution is 2.23. The zero-order valence-electron chi connectivity index (χ0n) is 10.6. The number of carbonyl (C=O) groups is 1. The molecule has 0 saturated heterocycles. The monoisotopic (exact) mass is 332 g/mol. The maximum absolute atomic E-state index is 12.4. The lowest BCUT2D eigenvalue weighted by molar-refractivity contribution is -0.118. The third-order valence-electron chi connectivity index (χ3n) is 3.24. The Bertz CT molecular complexity index is 629. The fourth-order valence-electron chi connectivity index (χ4n) is 2.31. The van der Waals surface area contributed by atoms with E-state index in [9.17, 15) is 4.79 Å². The predicted octanol–water partition coefficient (Wildman–Crippen LogP) is 2.06. The van der Waals surface area contributed by atoms with E-state index in [1.807, 2.05) is 18.2 Å². The fourth-order valence-corrected chi connectivity index (χ4v) is 2.52. The van der Waals surface area contributed by atoms with Gasteiger partial charge in [-0.25, -0.2) is 9.97 Å². The number of nitrogens with one attached hydrogen (secondary N) is 2. The van der Waals surface area contributed by atoms with Gasteiger partial charge in [0.2, 0.25) is 5.91 Å². The predicted molar refractivity (Wildman–Crippen MR) is 79.3 cm³/mol. The van der Waals surface area contributed by atoms with Crippen LogP contribution in [0.3, 0.4) is 0 Å². The first-order valence-electron chi connectivity index (χ1n) is 6.33. The van der Waals surface area contributed by atoms with Crippen LogP contribution < -0.4 is 10.6 Å². The van der Waals surface area contributed by atoms with Crippen LogP contribution in [-0.4, -0.2) is 22.4 Å². The van der Waals surface area contributed by atoms with Crippen LogP contribution in [0.2, 0.25) is 0 Å². The molecule has 102 valence electrons. The largest absolute Gasteiger partial charge is 0.308 e. The third-order valence-corrected chi connectivity index (χ3v) is 3.65. The van der Waals surface area contributed by atoms with E-state index in [2.05, 4.69) is 42.6 Å². The van der Waals surface area contributed by atoms with E-state index in [-0.39, 0.29) is 11.9 Å². The van der Waals surface area contributed by atoms with Crippen LogP contribution in [-0.2, 0) is 11.2 Å². The van der Waals surface area contributed by atoms with Crippen LogP contribution in [0, 0.1) is 0 Å². The van der Waals surface area contributed by atoms with E-state index in [1.54, 1.807) is 6.20 Å². The fraction of sp³-hybridized carbons (Fsp3) is 0.214. The number of aromatic nitrogens is 2. The molecular weight excluding hydrogens is 320 g/mol. The Morgan fingerprint density at radius 1 is 1.30 bits per heavy atom. The van der Waals surface area contributed by atoms with E-state index in [4.69, 9.17) is 0 Å². The van der Waals surface area contributed by atoms with Crippen molar-refractivity contribution in [2.75, 3.05) is 11.9 Å². The summed E-state index contributed by atoms with van der Waals surface area (Å²) in [5.74, 6) is 0.330. The summed E-state index contributed by atoms with van der Waals surface area (Å²) in [5.41, 5.74) is 2.25. The van der Waals surface area contributed by atoms with Gasteiger partial charge in [-0.1, -0.05) is 24.3 Å². The molecule has 1 aromatic carbocycles. The molecule has 1 atom stereocenters. The van der Waals surface area contributed by atoms with Crippen molar-refractivity contribution in [3.05, 3.63) is 52.4 Å². The summed E-state index contributed by atoms with van der Waals surface area (Å²) in [7, 11) is 0. The smallest absolute Gasteiger partial charge is 0.247 e. The molecule has 0 fully saturated rings. The van der Waals surface area contributed by atoms with Gasteiger partial charge in [-0.3, -0.25) is 4.79 Å². The minimum absolute atomic E-state index is 0.117. The van der Waals surface area contributed by atoms with Crippen molar-refractivity contribution in [3.8, 4) is 0 Å². The standard InChI is InChI=1S/C14H13BrN4O/c15-11-7-18-12(8-17-11)19-14(20)13-10-4-2-1-3-9(10)5-6-16-13/h1-4,7-8,13,16H,5-6H2,(H,18,19,20). The van der Waals surface area contributed by atoms with Crippen LogP contribution in [0.25, 0.3) is 0 Å². The van der Waals surface area contributed by atoms with Gasteiger partial charge in [0, 0.05) is 6.54 Å². The Hall–Kier alpha value is -1.79. The van der Waals surface area contributed by atoms with Gasteiger partial charge in [0.1, 0.15) is 10.6 Å². The number of benzene rings is 1. The van der Waals surface area contributed by atoms with Crippen molar-refractivity contribution < 1.29 is 4.79 Å². The first-order chi connectivity index (χ1) is 9.74. The van der Waals surface area contributed by atoms with Crippen molar-refractivity contribution >= 4 is 27.7 Å². The number of rotatable bonds is 2. The molecule has 1 aliphatic heterocycles. The second-order valence-corrected chi connectivity index (χ2v) is 5.36. The molecule has 0 saturated carbocycles. The van der Waals surface area contributed by atoms with Gasteiger partial charge in [-0.2, -0.15) is 0 Å². The summed E-state index contributed by atoms with van der Waals surface area (Å²) < 4.78 is 0.636. The third kappa shape index (κ3) is 2.71. The van der Waals surface area contributed by atoms with Crippen LogP contribution in [0.15, 0.2) is 41.3 Å². The molecule has 0 aliphatic carbocycles. The molecule has 5 nitrogen and oxygen atoms in total. The molecule has 3 rings (SSSR count). The summed E-state index contributed by atoms with van der Waals surface area (Å²) in [4.78, 5) is 20.5. The molecule has 0 spiro atoms. The maximum atomic E-state index is 12.4. The van der Waals surface area contributed by atoms with Crippen molar-refractivity contribution in [2.24, 2.45) is 0 Å². The molecule has 1 aromatic heterocycles. The highest BCUT2D eigenvalue weighted by molar-refractivity contribution is 9.10. The topological polar surface area (TPSA) is 66.9 Å². The Morgan fingerprint density at radius 3 is 2.95 bits per heavy atom. The van der Waals surface area contributed by atoms with Gasteiger partial charge in [0.25, 0.3) is 0 Å². The second kappa shape index (κ2) is 5.68. The summed E-state index contributed by atoms with van der Waals surface area (Å²) in [6, 6.07) is 7.66. The molecule has 1 aliphatic rings. The van der Waals surface area contributed by atoms with Crippen molar-refractivity contribution in [1.82, 2.24) is 15.3 Å². The molecule has 20 heavy (non-hydrogen) atoms. The number of halogens is 1. The minimum Gasteiger partial charge on any atom is -0.308 e. The lowest BCUT2D eigenvalue weighted by Gasteiger charge is -2.25. The van der Waals surface area contributed by atoms with Crippen LogP contribution in [0.1, 0.15) is 17.2 Å². The Morgan fingerprint density at radius 2 is 2.15 bits per heavy atom. The first kappa shape index (κ1) is 13.2. The Labute approximate surface area is 125 Å². The van der Waals surface area contributed by atoms with Crippen LogP contribution >= 0.6 is 15.9 Å². The van der Waals surface area contributed by atoms with Gasteiger partial charge in [0.05, 0.1) is 12.4 Å². The minimum atomic E-state index is -0.342. The van der Waals surface area contributed by atoms with Gasteiger partial charge < -0.3 is 10.6 Å². The van der Waals surface area contributed by atoms with Crippen molar-refractivity contribution in [2.45, 2.75) is 12.5 Å². The van der Waals surface area contributed by atoms with E-state index in [0.717, 1.165) is 18.5 Å². The Balaban J connectivity index is 1.80. The SMILES string of the molecule is O=C(Nc1cnc(Br)cn1)C1NCCc2ccccc21. The van der Waals surface area contributed by atoms with E-state index in [1.165, 1.54) is 11.8 Å². The molecule has 6 heteroatoms. The Kier molecular flexibility index (Phi) is 3.75. The number of amides is 1. The number of hydrogen-bond acceptors (Lipinski definition) is 4. The molecular formula is C14H13BrN4O. The lowest BCUT2D eigenvalue weighted by atomic mass is 9.94. The molecule has 1 amide bonds. The quantitative estimate of drug-likeness (QED) is 0.883. The summed E-state index contributed by atoms with van der Waals surface area (Å²) >= 11 is 3.21. The van der Waals surface area contributed by atoms with E-state index >= 15 is 0 Å². The number of anilines is 1. The van der Waals surface area contributed by atoms with Crippen LogP contribution in [0.4, 0.5) is 5.82 Å². The number of fused-ring (bicyclic) bond motifs is 1. The molecule has 0 bridgehead atoms. The summed E-state index contributed by atoms with van der Waals surface area (Å²) in [6.07, 6.45) is 4.02. The second-order valence-electron chi connectivity index (χ2n) is 4.55. The van der Waals surface area contributed by atoms with Gasteiger partial charge in [0.15, 0.2) is 5.82 Å². The zero-order chi connectivity index (χ0) is 13.9. The highest BCUT2D eigenvalue weighted by Gasteiger charge is 2.25. The average molecular weight is 333 g/mol.